The molecular weight excluding hydrogens is 260 g/mol. The molecule has 104 valence electrons. The monoisotopic (exact) mass is 280 g/mol. The Morgan fingerprint density at radius 1 is 1.53 bits per heavy atom. The molecule has 1 aromatic heterocycles. The van der Waals surface area contributed by atoms with Gasteiger partial charge < -0.3 is 16.0 Å². The minimum absolute atomic E-state index is 0.0741. The van der Waals surface area contributed by atoms with Crippen molar-refractivity contribution < 1.29 is 4.79 Å². The average molecular weight is 280 g/mol. The van der Waals surface area contributed by atoms with Gasteiger partial charge in [0, 0.05) is 20.6 Å². The minimum Gasteiger partial charge on any atom is -0.382 e. The van der Waals surface area contributed by atoms with E-state index < -0.39 is 0 Å². The zero-order valence-corrected chi connectivity index (χ0v) is 12.2. The summed E-state index contributed by atoms with van der Waals surface area (Å²) in [5, 5.41) is 3.82. The summed E-state index contributed by atoms with van der Waals surface area (Å²) in [6.45, 7) is 0.797. The summed E-state index contributed by atoms with van der Waals surface area (Å²) in [7, 11) is 3.79. The first-order valence-corrected chi connectivity index (χ1v) is 7.55. The number of carbonyl (C=O) groups excluding carboxylic acids is 1. The van der Waals surface area contributed by atoms with Crippen LogP contribution in [0.15, 0.2) is 0 Å². The predicted molar refractivity (Wildman–Crippen MR) is 77.6 cm³/mol. The number of nitrogens with two attached hydrogens (primary N) is 1. The molecule has 3 N–H and O–H groups in total. The van der Waals surface area contributed by atoms with Crippen LogP contribution in [0, 0.1) is 11.3 Å². The van der Waals surface area contributed by atoms with Crippen LogP contribution < -0.4 is 16.0 Å². The van der Waals surface area contributed by atoms with Crippen LogP contribution in [0.4, 0.5) is 10.9 Å². The molecule has 1 amide bonds. The molecule has 0 atom stereocenters. The Hall–Kier alpha value is -1.30. The SMILES string of the molecule is CN(C)c1nc(N)c(C(=O)NCC2(C3CC3)CC2)s1. The second-order valence-corrected chi connectivity index (χ2v) is 6.90. The lowest BCUT2D eigenvalue weighted by Crippen LogP contribution is -2.31. The van der Waals surface area contributed by atoms with Crippen molar-refractivity contribution >= 4 is 28.2 Å². The molecule has 0 radical (unpaired) electrons. The molecule has 5 nitrogen and oxygen atoms in total. The van der Waals surface area contributed by atoms with Gasteiger partial charge in [-0.25, -0.2) is 4.98 Å². The van der Waals surface area contributed by atoms with Crippen molar-refractivity contribution in [3.8, 4) is 0 Å². The fourth-order valence-electron chi connectivity index (χ4n) is 2.60. The topological polar surface area (TPSA) is 71.2 Å². The van der Waals surface area contributed by atoms with E-state index >= 15 is 0 Å². The molecule has 2 aliphatic carbocycles. The van der Waals surface area contributed by atoms with Crippen LogP contribution in [0.25, 0.3) is 0 Å². The van der Waals surface area contributed by atoms with Crippen LogP contribution in [0.5, 0.6) is 0 Å². The lowest BCUT2D eigenvalue weighted by atomic mass is 10.0. The standard InChI is InChI=1S/C13H20N4OS/c1-17(2)12-16-10(14)9(19-12)11(18)15-7-13(5-6-13)8-3-4-8/h8H,3-7,14H2,1-2H3,(H,15,18). The zero-order valence-electron chi connectivity index (χ0n) is 11.4. The normalized spacial score (nSPS) is 20.1. The van der Waals surface area contributed by atoms with Gasteiger partial charge in [-0.1, -0.05) is 11.3 Å². The highest BCUT2D eigenvalue weighted by atomic mass is 32.1. The molecule has 3 rings (SSSR count). The number of amides is 1. The summed E-state index contributed by atoms with van der Waals surface area (Å²) >= 11 is 1.35. The highest BCUT2D eigenvalue weighted by molar-refractivity contribution is 7.18. The van der Waals surface area contributed by atoms with E-state index in [0.29, 0.717) is 16.1 Å². The number of anilines is 2. The van der Waals surface area contributed by atoms with Crippen LogP contribution in [0.1, 0.15) is 35.4 Å². The average Bonchev–Trinajstić information content (AvgIpc) is 3.23. The molecule has 0 unspecified atom stereocenters. The third-order valence-corrected chi connectivity index (χ3v) is 5.41. The Kier molecular flexibility index (Phi) is 2.92. The maximum Gasteiger partial charge on any atom is 0.265 e. The summed E-state index contributed by atoms with van der Waals surface area (Å²) in [5.74, 6) is 1.11. The number of nitrogen functional groups attached to an aromatic ring is 1. The van der Waals surface area contributed by atoms with Gasteiger partial charge in [-0.3, -0.25) is 4.79 Å². The maximum atomic E-state index is 12.2. The minimum atomic E-state index is -0.0741. The number of aromatic nitrogens is 1. The van der Waals surface area contributed by atoms with Gasteiger partial charge in [-0.05, 0) is 37.0 Å². The quantitative estimate of drug-likeness (QED) is 0.861. The first kappa shape index (κ1) is 12.7. The first-order valence-electron chi connectivity index (χ1n) is 6.74. The summed E-state index contributed by atoms with van der Waals surface area (Å²) in [5.41, 5.74) is 6.24. The van der Waals surface area contributed by atoms with E-state index in [9.17, 15) is 4.79 Å². The summed E-state index contributed by atoms with van der Waals surface area (Å²) in [4.78, 5) is 18.8. The largest absolute Gasteiger partial charge is 0.382 e. The highest BCUT2D eigenvalue weighted by Crippen LogP contribution is 2.60. The smallest absolute Gasteiger partial charge is 0.265 e. The van der Waals surface area contributed by atoms with Crippen LogP contribution >= 0.6 is 11.3 Å². The van der Waals surface area contributed by atoms with E-state index in [1.165, 1.54) is 37.0 Å². The van der Waals surface area contributed by atoms with Crippen molar-refractivity contribution in [2.24, 2.45) is 11.3 Å². The fourth-order valence-corrected chi connectivity index (χ4v) is 3.42. The molecule has 0 bridgehead atoms. The van der Waals surface area contributed by atoms with Gasteiger partial charge in [-0.15, -0.1) is 0 Å². The molecule has 0 spiro atoms. The molecule has 1 heterocycles. The third-order valence-electron chi connectivity index (χ3n) is 4.17. The van der Waals surface area contributed by atoms with Crippen molar-refractivity contribution in [2.75, 3.05) is 31.3 Å². The van der Waals surface area contributed by atoms with Crippen LogP contribution in [0.2, 0.25) is 0 Å². The Labute approximate surface area is 117 Å². The second kappa shape index (κ2) is 4.37. The lowest BCUT2D eigenvalue weighted by molar-refractivity contribution is 0.0947. The van der Waals surface area contributed by atoms with Gasteiger partial charge in [-0.2, -0.15) is 0 Å². The van der Waals surface area contributed by atoms with Crippen molar-refractivity contribution in [1.29, 1.82) is 0 Å². The summed E-state index contributed by atoms with van der Waals surface area (Å²) in [6.07, 6.45) is 5.20. The van der Waals surface area contributed by atoms with Gasteiger partial charge in [0.1, 0.15) is 10.7 Å². The van der Waals surface area contributed by atoms with Crippen molar-refractivity contribution in [3.05, 3.63) is 4.88 Å². The number of thiazole rings is 1. The molecule has 0 aliphatic heterocycles. The number of carbonyl (C=O) groups is 1. The van der Waals surface area contributed by atoms with E-state index in [-0.39, 0.29) is 5.91 Å². The van der Waals surface area contributed by atoms with Gasteiger partial charge >= 0.3 is 0 Å². The fraction of sp³-hybridized carbons (Fsp3) is 0.692. The second-order valence-electron chi connectivity index (χ2n) is 5.92. The van der Waals surface area contributed by atoms with E-state index in [1.54, 1.807) is 0 Å². The van der Waals surface area contributed by atoms with Crippen LogP contribution in [-0.2, 0) is 0 Å². The number of hydrogen-bond acceptors (Lipinski definition) is 5. The van der Waals surface area contributed by atoms with Gasteiger partial charge in [0.25, 0.3) is 5.91 Å². The number of hydrogen-bond donors (Lipinski definition) is 2. The molecule has 2 fully saturated rings. The third kappa shape index (κ3) is 2.41. The van der Waals surface area contributed by atoms with Gasteiger partial charge in [0.05, 0.1) is 0 Å². The van der Waals surface area contributed by atoms with Crippen molar-refractivity contribution in [1.82, 2.24) is 10.3 Å². The Morgan fingerprint density at radius 3 is 2.68 bits per heavy atom. The molecule has 1 aromatic rings. The predicted octanol–water partition coefficient (Wildman–Crippen LogP) is 1.71. The van der Waals surface area contributed by atoms with Gasteiger partial charge in [0.2, 0.25) is 0 Å². The Bertz CT molecular complexity index is 503. The number of nitrogens with zero attached hydrogens (tertiary/aromatic N) is 2. The molecular formula is C13H20N4OS. The molecule has 2 saturated carbocycles. The summed E-state index contributed by atoms with van der Waals surface area (Å²) < 4.78 is 0. The van der Waals surface area contributed by atoms with Crippen LogP contribution in [-0.4, -0.2) is 31.5 Å². The summed E-state index contributed by atoms with van der Waals surface area (Å²) in [6, 6.07) is 0. The van der Waals surface area contributed by atoms with E-state index in [4.69, 9.17) is 5.73 Å². The maximum absolute atomic E-state index is 12.2. The van der Waals surface area contributed by atoms with E-state index in [0.717, 1.165) is 17.6 Å². The number of nitrogens with one attached hydrogen (secondary N) is 1. The van der Waals surface area contributed by atoms with Crippen LogP contribution in [0.3, 0.4) is 0 Å². The van der Waals surface area contributed by atoms with Crippen molar-refractivity contribution in [3.63, 3.8) is 0 Å². The van der Waals surface area contributed by atoms with Gasteiger partial charge in [0.15, 0.2) is 5.13 Å². The molecule has 6 heteroatoms. The van der Waals surface area contributed by atoms with E-state index in [2.05, 4.69) is 10.3 Å². The number of rotatable bonds is 5. The van der Waals surface area contributed by atoms with E-state index in [1.807, 2.05) is 19.0 Å². The Balaban J connectivity index is 1.63. The molecule has 0 saturated heterocycles. The first-order chi connectivity index (χ1) is 9.02. The lowest BCUT2D eigenvalue weighted by Gasteiger charge is -2.14. The molecule has 0 aromatic carbocycles. The highest BCUT2D eigenvalue weighted by Gasteiger charge is 2.53. The zero-order chi connectivity index (χ0) is 13.6. The van der Waals surface area contributed by atoms with Crippen molar-refractivity contribution in [2.45, 2.75) is 25.7 Å². The molecule has 2 aliphatic rings. The molecule has 19 heavy (non-hydrogen) atoms. The Morgan fingerprint density at radius 2 is 2.21 bits per heavy atom.